The SMILES string of the molecule is [N-]=[N+]=NCc1nc(Cl)cc2ccccc12. The van der Waals surface area contributed by atoms with Crippen LogP contribution in [0.5, 0.6) is 0 Å². The second kappa shape index (κ2) is 4.17. The highest BCUT2D eigenvalue weighted by Crippen LogP contribution is 2.21. The minimum Gasteiger partial charge on any atom is -0.240 e. The van der Waals surface area contributed by atoms with Crippen molar-refractivity contribution in [2.75, 3.05) is 0 Å². The molecule has 74 valence electrons. The highest BCUT2D eigenvalue weighted by atomic mass is 35.5. The third-order valence-corrected chi connectivity index (χ3v) is 2.27. The standard InChI is InChI=1S/C10H7ClN4/c11-10-5-7-3-1-2-4-8(7)9(14-10)6-13-15-12/h1-5H,6H2. The number of fused-ring (bicyclic) bond motifs is 1. The molecule has 0 saturated carbocycles. The average molecular weight is 219 g/mol. The highest BCUT2D eigenvalue weighted by molar-refractivity contribution is 6.30. The molecule has 0 unspecified atom stereocenters. The number of nitrogens with zero attached hydrogens (tertiary/aromatic N) is 4. The van der Waals surface area contributed by atoms with Gasteiger partial charge in [-0.2, -0.15) is 0 Å². The first-order valence-electron chi connectivity index (χ1n) is 4.36. The maximum absolute atomic E-state index is 8.27. The van der Waals surface area contributed by atoms with Crippen molar-refractivity contribution < 1.29 is 0 Å². The molecule has 0 saturated heterocycles. The lowest BCUT2D eigenvalue weighted by atomic mass is 10.1. The molecule has 0 N–H and O–H groups in total. The Morgan fingerprint density at radius 1 is 1.40 bits per heavy atom. The molecule has 0 amide bonds. The van der Waals surface area contributed by atoms with E-state index in [0.29, 0.717) is 10.8 Å². The summed E-state index contributed by atoms with van der Waals surface area (Å²) in [7, 11) is 0. The van der Waals surface area contributed by atoms with Gasteiger partial charge in [-0.25, -0.2) is 4.98 Å². The number of hydrogen-bond acceptors (Lipinski definition) is 2. The maximum atomic E-state index is 8.27. The van der Waals surface area contributed by atoms with Crippen LogP contribution in [0.4, 0.5) is 0 Å². The molecule has 0 aliphatic carbocycles. The summed E-state index contributed by atoms with van der Waals surface area (Å²) in [5.74, 6) is 0. The van der Waals surface area contributed by atoms with E-state index >= 15 is 0 Å². The van der Waals surface area contributed by atoms with E-state index in [4.69, 9.17) is 17.1 Å². The molecular formula is C10H7ClN4. The first-order chi connectivity index (χ1) is 7.31. The van der Waals surface area contributed by atoms with E-state index in [1.165, 1.54) is 0 Å². The summed E-state index contributed by atoms with van der Waals surface area (Å²) >= 11 is 5.86. The van der Waals surface area contributed by atoms with Crippen molar-refractivity contribution >= 4 is 22.4 Å². The number of benzene rings is 1. The van der Waals surface area contributed by atoms with Gasteiger partial charge in [-0.15, -0.1) is 0 Å². The van der Waals surface area contributed by atoms with E-state index in [1.807, 2.05) is 24.3 Å². The van der Waals surface area contributed by atoms with Gasteiger partial charge in [0.15, 0.2) is 0 Å². The molecule has 2 aromatic rings. The van der Waals surface area contributed by atoms with E-state index in [0.717, 1.165) is 10.8 Å². The molecule has 1 heterocycles. The van der Waals surface area contributed by atoms with Gasteiger partial charge in [-0.1, -0.05) is 41.0 Å². The fraction of sp³-hybridized carbons (Fsp3) is 0.100. The van der Waals surface area contributed by atoms with Crippen molar-refractivity contribution in [3.05, 3.63) is 51.6 Å². The summed E-state index contributed by atoms with van der Waals surface area (Å²) < 4.78 is 0. The second-order valence-electron chi connectivity index (χ2n) is 3.00. The quantitative estimate of drug-likeness (QED) is 0.328. The van der Waals surface area contributed by atoms with Crippen molar-refractivity contribution in [2.45, 2.75) is 6.54 Å². The van der Waals surface area contributed by atoms with Crippen molar-refractivity contribution in [1.82, 2.24) is 4.98 Å². The van der Waals surface area contributed by atoms with E-state index in [1.54, 1.807) is 6.07 Å². The van der Waals surface area contributed by atoms with Crippen molar-refractivity contribution in [2.24, 2.45) is 5.11 Å². The van der Waals surface area contributed by atoms with Crippen LogP contribution in [0.15, 0.2) is 35.4 Å². The van der Waals surface area contributed by atoms with Crippen molar-refractivity contribution in [3.63, 3.8) is 0 Å². The van der Waals surface area contributed by atoms with Gasteiger partial charge < -0.3 is 0 Å². The number of rotatable bonds is 2. The molecule has 1 aromatic heterocycles. The molecule has 5 heteroatoms. The topological polar surface area (TPSA) is 61.7 Å². The van der Waals surface area contributed by atoms with Crippen molar-refractivity contribution in [1.29, 1.82) is 0 Å². The summed E-state index contributed by atoms with van der Waals surface area (Å²) in [5.41, 5.74) is 8.97. The molecular weight excluding hydrogens is 212 g/mol. The van der Waals surface area contributed by atoms with Gasteiger partial charge in [-0.05, 0) is 17.0 Å². The first-order valence-corrected chi connectivity index (χ1v) is 4.74. The molecule has 0 aliphatic rings. The number of pyridine rings is 1. The van der Waals surface area contributed by atoms with Crippen LogP contribution in [-0.4, -0.2) is 4.98 Å². The Labute approximate surface area is 91.1 Å². The minimum absolute atomic E-state index is 0.220. The summed E-state index contributed by atoms with van der Waals surface area (Å²) in [5, 5.41) is 5.87. The smallest absolute Gasteiger partial charge is 0.129 e. The van der Waals surface area contributed by atoms with Crippen molar-refractivity contribution in [3.8, 4) is 0 Å². The molecule has 2 rings (SSSR count). The van der Waals surface area contributed by atoms with E-state index < -0.39 is 0 Å². The van der Waals surface area contributed by atoms with Gasteiger partial charge in [-0.3, -0.25) is 0 Å². The van der Waals surface area contributed by atoms with Gasteiger partial charge >= 0.3 is 0 Å². The van der Waals surface area contributed by atoms with Gasteiger partial charge in [0.25, 0.3) is 0 Å². The molecule has 0 aliphatic heterocycles. The lowest BCUT2D eigenvalue weighted by Crippen LogP contribution is -1.90. The Hall–Kier alpha value is -1.77. The van der Waals surface area contributed by atoms with E-state index in [9.17, 15) is 0 Å². The third-order valence-electron chi connectivity index (χ3n) is 2.07. The molecule has 4 nitrogen and oxygen atoms in total. The molecule has 0 fully saturated rings. The summed E-state index contributed by atoms with van der Waals surface area (Å²) in [6, 6.07) is 9.51. The predicted octanol–water partition coefficient (Wildman–Crippen LogP) is 3.70. The van der Waals surface area contributed by atoms with E-state index in [2.05, 4.69) is 15.0 Å². The number of azide groups is 1. The summed E-state index contributed by atoms with van der Waals surface area (Å²) in [6.07, 6.45) is 0. The van der Waals surface area contributed by atoms with Crippen LogP contribution in [0.3, 0.4) is 0 Å². The lowest BCUT2D eigenvalue weighted by molar-refractivity contribution is 0.993. The van der Waals surface area contributed by atoms with Crippen LogP contribution in [0.1, 0.15) is 5.69 Å². The average Bonchev–Trinajstić information content (AvgIpc) is 2.25. The summed E-state index contributed by atoms with van der Waals surface area (Å²) in [4.78, 5) is 6.85. The van der Waals surface area contributed by atoms with Gasteiger partial charge in [0, 0.05) is 10.3 Å². The zero-order chi connectivity index (χ0) is 10.7. The van der Waals surface area contributed by atoms with Crippen LogP contribution in [0.25, 0.3) is 21.2 Å². The van der Waals surface area contributed by atoms with Crippen LogP contribution in [0.2, 0.25) is 5.15 Å². The largest absolute Gasteiger partial charge is 0.240 e. The number of aromatic nitrogens is 1. The fourth-order valence-electron chi connectivity index (χ4n) is 1.45. The molecule has 15 heavy (non-hydrogen) atoms. The van der Waals surface area contributed by atoms with Crippen LogP contribution in [0, 0.1) is 0 Å². The predicted molar refractivity (Wildman–Crippen MR) is 59.6 cm³/mol. The molecule has 0 bridgehead atoms. The fourth-order valence-corrected chi connectivity index (χ4v) is 1.67. The van der Waals surface area contributed by atoms with Crippen LogP contribution < -0.4 is 0 Å². The normalized spacial score (nSPS) is 9.93. The van der Waals surface area contributed by atoms with Crippen LogP contribution >= 0.6 is 11.6 Å². The zero-order valence-electron chi connectivity index (χ0n) is 7.76. The Balaban J connectivity index is 2.65. The summed E-state index contributed by atoms with van der Waals surface area (Å²) in [6.45, 7) is 0.220. The number of hydrogen-bond donors (Lipinski definition) is 0. The zero-order valence-corrected chi connectivity index (χ0v) is 8.52. The maximum Gasteiger partial charge on any atom is 0.129 e. The molecule has 0 radical (unpaired) electrons. The molecule has 0 spiro atoms. The molecule has 0 atom stereocenters. The Bertz CT molecular complexity index is 546. The number of halogens is 1. The Kier molecular flexibility index (Phi) is 2.72. The monoisotopic (exact) mass is 218 g/mol. The Morgan fingerprint density at radius 3 is 3.00 bits per heavy atom. The minimum atomic E-state index is 0.220. The Morgan fingerprint density at radius 2 is 2.20 bits per heavy atom. The first kappa shape index (κ1) is 9.77. The second-order valence-corrected chi connectivity index (χ2v) is 3.39. The van der Waals surface area contributed by atoms with Crippen LogP contribution in [-0.2, 0) is 6.54 Å². The van der Waals surface area contributed by atoms with Gasteiger partial charge in [0.1, 0.15) is 5.15 Å². The lowest BCUT2D eigenvalue weighted by Gasteiger charge is -2.03. The van der Waals surface area contributed by atoms with Gasteiger partial charge in [0.2, 0.25) is 0 Å². The molecule has 1 aromatic carbocycles. The van der Waals surface area contributed by atoms with Gasteiger partial charge in [0.05, 0.1) is 12.2 Å². The highest BCUT2D eigenvalue weighted by Gasteiger charge is 2.03. The van der Waals surface area contributed by atoms with E-state index in [-0.39, 0.29) is 6.54 Å². The third kappa shape index (κ3) is 2.01.